The van der Waals surface area contributed by atoms with Gasteiger partial charge in [-0.2, -0.15) is 0 Å². The average Bonchev–Trinajstić information content (AvgIpc) is 2.42. The molecule has 0 fully saturated rings. The molecule has 1 unspecified atom stereocenters. The van der Waals surface area contributed by atoms with Gasteiger partial charge in [0, 0.05) is 13.2 Å². The van der Waals surface area contributed by atoms with Gasteiger partial charge in [0.05, 0.1) is 7.11 Å². The minimum absolute atomic E-state index is 0.481. The van der Waals surface area contributed by atoms with Crippen molar-refractivity contribution in [3.8, 4) is 5.75 Å². The number of rotatable bonds is 9. The van der Waals surface area contributed by atoms with Crippen LogP contribution >= 0.6 is 0 Å². The summed E-state index contributed by atoms with van der Waals surface area (Å²) in [6.45, 7) is 4.47. The Hall–Kier alpha value is -1.06. The van der Waals surface area contributed by atoms with Crippen molar-refractivity contribution in [3.63, 3.8) is 0 Å². The van der Waals surface area contributed by atoms with Crippen LogP contribution in [0.1, 0.15) is 25.3 Å². The highest BCUT2D eigenvalue weighted by Crippen LogP contribution is 2.17. The lowest BCUT2D eigenvalue weighted by Crippen LogP contribution is -2.19. The van der Waals surface area contributed by atoms with Gasteiger partial charge in [0.1, 0.15) is 5.75 Å². The van der Waals surface area contributed by atoms with E-state index < -0.39 is 0 Å². The Morgan fingerprint density at radius 1 is 1.28 bits per heavy atom. The third kappa shape index (κ3) is 5.52. The first kappa shape index (κ1) is 15.0. The van der Waals surface area contributed by atoms with Gasteiger partial charge >= 0.3 is 0 Å². The lowest BCUT2D eigenvalue weighted by atomic mass is 9.96. The number of nitrogens with two attached hydrogens (primary N) is 1. The summed E-state index contributed by atoms with van der Waals surface area (Å²) in [5, 5.41) is 0. The molecule has 0 saturated heterocycles. The van der Waals surface area contributed by atoms with E-state index in [1.807, 2.05) is 12.1 Å². The van der Waals surface area contributed by atoms with E-state index in [2.05, 4.69) is 19.1 Å². The second kappa shape index (κ2) is 8.95. The van der Waals surface area contributed by atoms with Crippen LogP contribution < -0.4 is 10.5 Å². The summed E-state index contributed by atoms with van der Waals surface area (Å²) in [5.74, 6) is 1.39. The monoisotopic (exact) mass is 251 g/mol. The first-order chi connectivity index (χ1) is 8.80. The van der Waals surface area contributed by atoms with Crippen LogP contribution in [0.4, 0.5) is 0 Å². The maximum atomic E-state index is 5.82. The lowest BCUT2D eigenvalue weighted by Gasteiger charge is -2.15. The molecule has 1 atom stereocenters. The van der Waals surface area contributed by atoms with Crippen molar-refractivity contribution >= 4 is 0 Å². The minimum atomic E-state index is 0.481. The standard InChI is InChI=1S/C15H25NO2/c1-3-8-18-9-7-14(12-16)10-13-5-4-6-15(11-13)17-2/h4-6,11,14H,3,7-10,12,16H2,1-2H3. The zero-order valence-electron chi connectivity index (χ0n) is 11.5. The summed E-state index contributed by atoms with van der Waals surface area (Å²) in [5.41, 5.74) is 7.10. The van der Waals surface area contributed by atoms with Crippen molar-refractivity contribution in [2.75, 3.05) is 26.9 Å². The van der Waals surface area contributed by atoms with Gasteiger partial charge in [-0.25, -0.2) is 0 Å². The first-order valence-electron chi connectivity index (χ1n) is 6.70. The van der Waals surface area contributed by atoms with Crippen LogP contribution in [0, 0.1) is 5.92 Å². The highest BCUT2D eigenvalue weighted by Gasteiger charge is 2.08. The topological polar surface area (TPSA) is 44.5 Å². The SMILES string of the molecule is CCCOCCC(CN)Cc1cccc(OC)c1. The molecule has 0 amide bonds. The number of hydrogen-bond donors (Lipinski definition) is 1. The summed E-state index contributed by atoms with van der Waals surface area (Å²) in [6, 6.07) is 8.19. The molecule has 3 heteroatoms. The summed E-state index contributed by atoms with van der Waals surface area (Å²) in [7, 11) is 1.69. The second-order valence-electron chi connectivity index (χ2n) is 4.56. The molecule has 2 N–H and O–H groups in total. The van der Waals surface area contributed by atoms with E-state index in [1.54, 1.807) is 7.11 Å². The average molecular weight is 251 g/mol. The van der Waals surface area contributed by atoms with Gasteiger partial charge < -0.3 is 15.2 Å². The predicted octanol–water partition coefficient (Wildman–Crippen LogP) is 2.63. The Labute approximate surface area is 110 Å². The van der Waals surface area contributed by atoms with Gasteiger partial charge in [0.25, 0.3) is 0 Å². The maximum absolute atomic E-state index is 5.82. The Kier molecular flexibility index (Phi) is 7.46. The highest BCUT2D eigenvalue weighted by atomic mass is 16.5. The largest absolute Gasteiger partial charge is 0.497 e. The number of methoxy groups -OCH3 is 1. The molecule has 0 aromatic heterocycles. The smallest absolute Gasteiger partial charge is 0.119 e. The van der Waals surface area contributed by atoms with Crippen LogP contribution in [-0.4, -0.2) is 26.9 Å². The fourth-order valence-electron chi connectivity index (χ4n) is 1.93. The van der Waals surface area contributed by atoms with Crippen LogP contribution in [0.25, 0.3) is 0 Å². The fraction of sp³-hybridized carbons (Fsp3) is 0.600. The maximum Gasteiger partial charge on any atom is 0.119 e. The number of benzene rings is 1. The van der Waals surface area contributed by atoms with E-state index in [9.17, 15) is 0 Å². The summed E-state index contributed by atoms with van der Waals surface area (Å²) >= 11 is 0. The molecule has 0 bridgehead atoms. The Balaban J connectivity index is 2.41. The highest BCUT2D eigenvalue weighted by molar-refractivity contribution is 5.28. The van der Waals surface area contributed by atoms with Crippen molar-refractivity contribution in [1.29, 1.82) is 0 Å². The van der Waals surface area contributed by atoms with Crippen LogP contribution in [0.3, 0.4) is 0 Å². The van der Waals surface area contributed by atoms with E-state index in [0.29, 0.717) is 12.5 Å². The molecular formula is C15H25NO2. The van der Waals surface area contributed by atoms with Crippen molar-refractivity contribution in [1.82, 2.24) is 0 Å². The van der Waals surface area contributed by atoms with Gasteiger partial charge in [0.2, 0.25) is 0 Å². The molecule has 18 heavy (non-hydrogen) atoms. The molecule has 0 spiro atoms. The summed E-state index contributed by atoms with van der Waals surface area (Å²) in [4.78, 5) is 0. The van der Waals surface area contributed by atoms with Gasteiger partial charge in [0.15, 0.2) is 0 Å². The second-order valence-corrected chi connectivity index (χ2v) is 4.56. The number of hydrogen-bond acceptors (Lipinski definition) is 3. The Morgan fingerprint density at radius 3 is 2.78 bits per heavy atom. The molecule has 0 heterocycles. The third-order valence-electron chi connectivity index (χ3n) is 3.01. The van der Waals surface area contributed by atoms with E-state index >= 15 is 0 Å². The quantitative estimate of drug-likeness (QED) is 0.686. The van der Waals surface area contributed by atoms with E-state index in [1.165, 1.54) is 5.56 Å². The summed E-state index contributed by atoms with van der Waals surface area (Å²) in [6.07, 6.45) is 3.08. The van der Waals surface area contributed by atoms with Crippen molar-refractivity contribution in [3.05, 3.63) is 29.8 Å². The number of ether oxygens (including phenoxy) is 2. The van der Waals surface area contributed by atoms with Crippen LogP contribution in [0.2, 0.25) is 0 Å². The normalized spacial score (nSPS) is 12.4. The summed E-state index contributed by atoms with van der Waals surface area (Å²) < 4.78 is 10.7. The molecule has 102 valence electrons. The van der Waals surface area contributed by atoms with Crippen LogP contribution in [0.15, 0.2) is 24.3 Å². The van der Waals surface area contributed by atoms with Gasteiger partial charge in [-0.1, -0.05) is 19.1 Å². The molecule has 0 radical (unpaired) electrons. The Bertz CT molecular complexity index is 328. The zero-order valence-corrected chi connectivity index (χ0v) is 11.5. The molecule has 3 nitrogen and oxygen atoms in total. The lowest BCUT2D eigenvalue weighted by molar-refractivity contribution is 0.121. The van der Waals surface area contributed by atoms with E-state index in [-0.39, 0.29) is 0 Å². The molecule has 1 aromatic rings. The molecular weight excluding hydrogens is 226 g/mol. The van der Waals surface area contributed by atoms with Crippen LogP contribution in [0.5, 0.6) is 5.75 Å². The predicted molar refractivity (Wildman–Crippen MR) is 75.0 cm³/mol. The van der Waals surface area contributed by atoms with E-state index in [0.717, 1.165) is 38.2 Å². The van der Waals surface area contributed by atoms with Crippen LogP contribution in [-0.2, 0) is 11.2 Å². The molecule has 0 aliphatic carbocycles. The minimum Gasteiger partial charge on any atom is -0.497 e. The third-order valence-corrected chi connectivity index (χ3v) is 3.01. The zero-order chi connectivity index (χ0) is 13.2. The first-order valence-corrected chi connectivity index (χ1v) is 6.70. The van der Waals surface area contributed by atoms with Gasteiger partial charge in [-0.15, -0.1) is 0 Å². The molecule has 0 aliphatic heterocycles. The van der Waals surface area contributed by atoms with Crippen molar-refractivity contribution in [2.45, 2.75) is 26.2 Å². The van der Waals surface area contributed by atoms with Gasteiger partial charge in [-0.3, -0.25) is 0 Å². The van der Waals surface area contributed by atoms with Gasteiger partial charge in [-0.05, 0) is 49.4 Å². The molecule has 1 rings (SSSR count). The van der Waals surface area contributed by atoms with Crippen molar-refractivity contribution < 1.29 is 9.47 Å². The van der Waals surface area contributed by atoms with E-state index in [4.69, 9.17) is 15.2 Å². The Morgan fingerprint density at radius 2 is 2.11 bits per heavy atom. The fourth-order valence-corrected chi connectivity index (χ4v) is 1.93. The molecule has 0 aliphatic rings. The molecule has 1 aromatic carbocycles. The van der Waals surface area contributed by atoms with Crippen molar-refractivity contribution in [2.24, 2.45) is 11.7 Å². The molecule has 0 saturated carbocycles.